The number of hydrogen-bond donors (Lipinski definition) is 1. The van der Waals surface area contributed by atoms with Crippen molar-refractivity contribution in [1.82, 2.24) is 5.32 Å². The van der Waals surface area contributed by atoms with Gasteiger partial charge < -0.3 is 14.8 Å². The summed E-state index contributed by atoms with van der Waals surface area (Å²) in [4.78, 5) is 36.5. The zero-order valence-electron chi connectivity index (χ0n) is 15.9. The van der Waals surface area contributed by atoms with Crippen LogP contribution in [0.1, 0.15) is 37.3 Å². The molecule has 0 unspecified atom stereocenters. The number of hydrogen-bond acceptors (Lipinski definition) is 5. The van der Waals surface area contributed by atoms with Gasteiger partial charge in [0.05, 0.1) is 19.6 Å². The zero-order valence-corrected chi connectivity index (χ0v) is 15.9. The van der Waals surface area contributed by atoms with Crippen molar-refractivity contribution in [3.63, 3.8) is 0 Å². The summed E-state index contributed by atoms with van der Waals surface area (Å²) >= 11 is 0. The summed E-state index contributed by atoms with van der Waals surface area (Å²) < 4.78 is 10.2. The topological polar surface area (TPSA) is 81.7 Å². The Bertz CT molecular complexity index is 800. The van der Waals surface area contributed by atoms with Crippen molar-refractivity contribution in [2.45, 2.75) is 32.6 Å². The minimum atomic E-state index is -0.520. The minimum absolute atomic E-state index is 0.0469. The van der Waals surface area contributed by atoms with Crippen LogP contribution in [0.25, 0.3) is 0 Å². The Morgan fingerprint density at radius 1 is 1.30 bits per heavy atom. The largest absolute Gasteiger partial charge is 0.493 e. The third-order valence-electron chi connectivity index (χ3n) is 5.70. The third-order valence-corrected chi connectivity index (χ3v) is 5.70. The van der Waals surface area contributed by atoms with Crippen molar-refractivity contribution in [2.24, 2.45) is 11.3 Å². The number of fused-ring (bicyclic) bond motifs is 3. The van der Waals surface area contributed by atoms with Gasteiger partial charge in [0.2, 0.25) is 5.91 Å². The molecular weight excluding hydrogens is 346 g/mol. The molecule has 3 atom stereocenters. The molecule has 0 spiro atoms. The lowest BCUT2D eigenvalue weighted by Gasteiger charge is -2.35. The maximum absolute atomic E-state index is 13.0. The summed E-state index contributed by atoms with van der Waals surface area (Å²) in [5, 5.41) is 2.83. The predicted molar refractivity (Wildman–Crippen MR) is 98.8 cm³/mol. The molecule has 0 heterocycles. The quantitative estimate of drug-likeness (QED) is 0.633. The fourth-order valence-electron chi connectivity index (χ4n) is 4.35. The van der Waals surface area contributed by atoms with Crippen LogP contribution in [0, 0.1) is 11.3 Å². The molecule has 1 amide bonds. The molecule has 0 radical (unpaired) electrons. The highest BCUT2D eigenvalue weighted by Gasteiger charge is 2.52. The van der Waals surface area contributed by atoms with Gasteiger partial charge in [-0.25, -0.2) is 0 Å². The van der Waals surface area contributed by atoms with E-state index in [4.69, 9.17) is 9.47 Å². The number of carbonyl (C=O) groups is 3. The normalized spacial score (nSPS) is 26.3. The second kappa shape index (κ2) is 7.55. The average molecular weight is 371 g/mol. The molecule has 1 aromatic rings. The van der Waals surface area contributed by atoms with E-state index in [1.54, 1.807) is 6.08 Å². The maximum atomic E-state index is 13.0. The number of rotatable bonds is 5. The monoisotopic (exact) mass is 371 g/mol. The van der Waals surface area contributed by atoms with Crippen LogP contribution in [0.5, 0.6) is 0 Å². The van der Waals surface area contributed by atoms with Crippen LogP contribution in [-0.4, -0.2) is 37.9 Å². The molecule has 0 fully saturated rings. The molecule has 3 rings (SSSR count). The van der Waals surface area contributed by atoms with Crippen LogP contribution in [0.15, 0.2) is 36.1 Å². The van der Waals surface area contributed by atoms with Crippen molar-refractivity contribution in [2.75, 3.05) is 20.3 Å². The highest BCUT2D eigenvalue weighted by molar-refractivity contribution is 5.96. The smallest absolute Gasteiger partial charge is 0.302 e. The van der Waals surface area contributed by atoms with Crippen molar-refractivity contribution in [1.29, 1.82) is 0 Å². The Morgan fingerprint density at radius 3 is 2.74 bits per heavy atom. The van der Waals surface area contributed by atoms with Crippen LogP contribution in [0.4, 0.5) is 0 Å². The van der Waals surface area contributed by atoms with Crippen molar-refractivity contribution in [3.8, 4) is 0 Å². The van der Waals surface area contributed by atoms with Gasteiger partial charge in [0, 0.05) is 13.3 Å². The fourth-order valence-corrected chi connectivity index (χ4v) is 4.35. The number of Topliss-reactive ketones (excluding diaryl/α,β-unsaturated/α-hetero) is 1. The molecular formula is C21H25NO5. The average Bonchev–Trinajstić information content (AvgIpc) is 2.85. The Labute approximate surface area is 158 Å². The lowest BCUT2D eigenvalue weighted by molar-refractivity contribution is -0.141. The number of allylic oxidation sites excluding steroid dienone is 1. The van der Waals surface area contributed by atoms with Crippen molar-refractivity contribution in [3.05, 3.63) is 47.2 Å². The molecule has 27 heavy (non-hydrogen) atoms. The molecule has 0 aliphatic heterocycles. The highest BCUT2D eigenvalue weighted by Crippen LogP contribution is 2.55. The first-order chi connectivity index (χ1) is 12.9. The third kappa shape index (κ3) is 3.61. The van der Waals surface area contributed by atoms with Gasteiger partial charge in [-0.05, 0) is 35.0 Å². The molecule has 144 valence electrons. The fraction of sp³-hybridized carbons (Fsp3) is 0.476. The summed E-state index contributed by atoms with van der Waals surface area (Å²) in [6.45, 7) is 3.74. The molecule has 6 heteroatoms. The van der Waals surface area contributed by atoms with Crippen LogP contribution in [0.2, 0.25) is 0 Å². The van der Waals surface area contributed by atoms with Gasteiger partial charge in [0.1, 0.15) is 6.61 Å². The minimum Gasteiger partial charge on any atom is -0.493 e. The summed E-state index contributed by atoms with van der Waals surface area (Å²) in [6.07, 6.45) is 2.70. The van der Waals surface area contributed by atoms with Crippen LogP contribution in [-0.2, 0) is 30.3 Å². The van der Waals surface area contributed by atoms with Gasteiger partial charge >= 0.3 is 5.97 Å². The van der Waals surface area contributed by atoms with Gasteiger partial charge in [-0.15, -0.1) is 0 Å². The summed E-state index contributed by atoms with van der Waals surface area (Å²) in [7, 11) is 1.46. The first-order valence-corrected chi connectivity index (χ1v) is 9.14. The van der Waals surface area contributed by atoms with E-state index in [9.17, 15) is 14.4 Å². The first kappa shape index (κ1) is 19.1. The Kier molecular flexibility index (Phi) is 5.35. The van der Waals surface area contributed by atoms with Gasteiger partial charge in [-0.3, -0.25) is 14.4 Å². The van der Waals surface area contributed by atoms with E-state index >= 15 is 0 Å². The van der Waals surface area contributed by atoms with Crippen LogP contribution < -0.4 is 5.32 Å². The Balaban J connectivity index is 1.89. The molecule has 0 saturated carbocycles. The number of nitrogens with one attached hydrogen (secondary N) is 1. The maximum Gasteiger partial charge on any atom is 0.302 e. The molecule has 2 aliphatic carbocycles. The second-order valence-corrected chi connectivity index (χ2v) is 7.41. The second-order valence-electron chi connectivity index (χ2n) is 7.41. The van der Waals surface area contributed by atoms with Crippen LogP contribution >= 0.6 is 0 Å². The number of ketones is 1. The lowest BCUT2D eigenvalue weighted by atomic mass is 9.67. The lowest BCUT2D eigenvalue weighted by Crippen LogP contribution is -2.42. The number of esters is 1. The van der Waals surface area contributed by atoms with E-state index in [2.05, 4.69) is 18.3 Å². The van der Waals surface area contributed by atoms with Crippen LogP contribution in [0.3, 0.4) is 0 Å². The van der Waals surface area contributed by atoms with Gasteiger partial charge in [0.25, 0.3) is 0 Å². The first-order valence-electron chi connectivity index (χ1n) is 9.14. The van der Waals surface area contributed by atoms with E-state index in [-0.39, 0.29) is 42.5 Å². The number of benzene rings is 1. The number of ether oxygens (including phenoxy) is 2. The van der Waals surface area contributed by atoms with Gasteiger partial charge in [-0.2, -0.15) is 0 Å². The summed E-state index contributed by atoms with van der Waals surface area (Å²) in [5.41, 5.74) is 1.90. The molecule has 0 bridgehead atoms. The number of amides is 1. The number of carbonyl (C=O) groups excluding carboxylic acids is 3. The number of methoxy groups -OCH3 is 1. The highest BCUT2D eigenvalue weighted by atomic mass is 16.5. The zero-order chi connectivity index (χ0) is 19.6. The summed E-state index contributed by atoms with van der Waals surface area (Å²) in [6, 6.07) is 8.07. The van der Waals surface area contributed by atoms with E-state index in [1.807, 2.05) is 18.2 Å². The van der Waals surface area contributed by atoms with E-state index in [0.717, 1.165) is 12.0 Å². The van der Waals surface area contributed by atoms with E-state index in [1.165, 1.54) is 19.6 Å². The SMILES string of the molecule is COC1=C[C@H](C(=O)NCCOC(C)=O)[C@@]2(C)Cc3ccccc3[C@H]2CC1=O. The van der Waals surface area contributed by atoms with E-state index < -0.39 is 11.3 Å². The van der Waals surface area contributed by atoms with Gasteiger partial charge in [-0.1, -0.05) is 31.2 Å². The van der Waals surface area contributed by atoms with E-state index in [0.29, 0.717) is 6.42 Å². The van der Waals surface area contributed by atoms with Gasteiger partial charge in [0.15, 0.2) is 11.5 Å². The predicted octanol–water partition coefficient (Wildman–Crippen LogP) is 2.13. The standard InChI is InChI=1S/C21H25NO5/c1-13(23)27-9-8-22-20(25)17-11-19(26-3)18(24)10-16-15-7-5-4-6-14(15)12-21(16,17)2/h4-7,11,16-17H,8-10,12H2,1-3H3,(H,22,25)/t16-,17-,21+/m1/s1. The molecule has 6 nitrogen and oxygen atoms in total. The molecule has 0 saturated heterocycles. The summed E-state index contributed by atoms with van der Waals surface area (Å²) in [5.74, 6) is -0.984. The molecule has 1 N–H and O–H groups in total. The van der Waals surface area contributed by atoms with Crippen molar-refractivity contribution >= 4 is 17.7 Å². The molecule has 2 aliphatic rings. The Morgan fingerprint density at radius 2 is 2.04 bits per heavy atom. The molecule has 1 aromatic carbocycles. The Hall–Kier alpha value is -2.63. The molecule has 0 aromatic heterocycles. The van der Waals surface area contributed by atoms with Crippen molar-refractivity contribution < 1.29 is 23.9 Å².